The highest BCUT2D eigenvalue weighted by molar-refractivity contribution is 6.39. The smallest absolute Gasteiger partial charge is 0.410 e. The number of benzene rings is 3. The summed E-state index contributed by atoms with van der Waals surface area (Å²) in [7, 11) is 0. The zero-order valence-corrected chi connectivity index (χ0v) is 37.8. The number of likely N-dealkylation sites (tertiary alicyclic amines) is 1. The van der Waals surface area contributed by atoms with E-state index >= 15 is 0 Å². The Kier molecular flexibility index (Phi) is 14.3. The van der Waals surface area contributed by atoms with E-state index in [1.165, 1.54) is 15.5 Å². The van der Waals surface area contributed by atoms with Gasteiger partial charge in [-0.1, -0.05) is 83.4 Å². The number of nitrogens with one attached hydrogen (secondary N) is 1. The molecule has 16 heteroatoms. The molecule has 13 nitrogen and oxygen atoms in total. The van der Waals surface area contributed by atoms with Gasteiger partial charge in [-0.3, -0.25) is 23.7 Å². The van der Waals surface area contributed by atoms with E-state index in [0.717, 1.165) is 5.56 Å². The van der Waals surface area contributed by atoms with Gasteiger partial charge in [-0.15, -0.1) is 0 Å². The maximum absolute atomic E-state index is 13.8. The highest BCUT2D eigenvalue weighted by Crippen LogP contribution is 2.41. The molecule has 332 valence electrons. The fourth-order valence-electron chi connectivity index (χ4n) is 7.86. The molecule has 5 aromatic rings. The van der Waals surface area contributed by atoms with Crippen molar-refractivity contribution >= 4 is 70.6 Å². The molecule has 1 unspecified atom stereocenters. The fourth-order valence-corrected chi connectivity index (χ4v) is 8.73. The molecule has 4 heterocycles. The summed E-state index contributed by atoms with van der Waals surface area (Å²) in [5.74, 6) is -0.747. The van der Waals surface area contributed by atoms with E-state index in [4.69, 9.17) is 49.5 Å². The van der Waals surface area contributed by atoms with Gasteiger partial charge in [0.15, 0.2) is 0 Å². The molecule has 0 spiro atoms. The number of halogens is 3. The predicted molar refractivity (Wildman–Crippen MR) is 247 cm³/mol. The largest absolute Gasteiger partial charge is 0.492 e. The second kappa shape index (κ2) is 19.9. The van der Waals surface area contributed by atoms with Crippen LogP contribution < -0.4 is 15.6 Å². The highest BCUT2D eigenvalue weighted by atomic mass is 35.5. The fraction of sp³-hybridized carbons (Fsp3) is 0.333. The number of nitriles is 1. The summed E-state index contributed by atoms with van der Waals surface area (Å²) in [6, 6.07) is 20.3. The number of hydrogen-bond donors (Lipinski definition) is 2. The third-order valence-electron chi connectivity index (χ3n) is 11.1. The van der Waals surface area contributed by atoms with Gasteiger partial charge in [0, 0.05) is 71.8 Å². The molecule has 0 saturated carbocycles. The van der Waals surface area contributed by atoms with E-state index in [1.807, 2.05) is 60.7 Å². The van der Waals surface area contributed by atoms with Crippen LogP contribution in [-0.4, -0.2) is 80.1 Å². The van der Waals surface area contributed by atoms with Crippen LogP contribution in [0.3, 0.4) is 0 Å². The third kappa shape index (κ3) is 10.9. The Hall–Kier alpha value is -5.91. The van der Waals surface area contributed by atoms with E-state index in [9.17, 15) is 24.3 Å². The molecule has 2 saturated heterocycles. The number of carboxylic acid groups (broad SMARTS) is 1. The average Bonchev–Trinajstić information content (AvgIpc) is 3.90. The molecule has 2 amide bonds. The summed E-state index contributed by atoms with van der Waals surface area (Å²) in [5.41, 5.74) is 4.48. The zero-order valence-electron chi connectivity index (χ0n) is 35.6. The number of aliphatic carboxylic acids is 1. The molecule has 64 heavy (non-hydrogen) atoms. The maximum Gasteiger partial charge on any atom is 0.410 e. The van der Waals surface area contributed by atoms with Gasteiger partial charge in [0.1, 0.15) is 23.6 Å². The number of carboxylic acids is 1. The van der Waals surface area contributed by atoms with Crippen LogP contribution in [0.2, 0.25) is 15.1 Å². The molecule has 3 aromatic carbocycles. The first-order valence-electron chi connectivity index (χ1n) is 20.9. The van der Waals surface area contributed by atoms with Gasteiger partial charge < -0.3 is 24.8 Å². The van der Waals surface area contributed by atoms with Crippen LogP contribution in [0.5, 0.6) is 5.75 Å². The number of hydrogen-bond acceptors (Lipinski definition) is 9. The summed E-state index contributed by atoms with van der Waals surface area (Å²) in [5, 5.41) is 22.8. The molecule has 2 N–H and O–H groups in total. The highest BCUT2D eigenvalue weighted by Gasteiger charge is 2.30. The van der Waals surface area contributed by atoms with Crippen LogP contribution in [0, 0.1) is 17.2 Å². The monoisotopic (exact) mass is 924 g/mol. The van der Waals surface area contributed by atoms with Crippen LogP contribution >= 0.6 is 34.8 Å². The normalized spacial score (nSPS) is 16.5. The molecule has 0 aliphatic carbocycles. The number of rotatable bonds is 14. The Morgan fingerprint density at radius 3 is 2.42 bits per heavy atom. The Morgan fingerprint density at radius 1 is 0.984 bits per heavy atom. The number of amides is 2. The molecule has 0 bridgehead atoms. The zero-order chi connectivity index (χ0) is 45.7. The van der Waals surface area contributed by atoms with Crippen LogP contribution in [0.15, 0.2) is 77.9 Å². The van der Waals surface area contributed by atoms with Gasteiger partial charge in [0.25, 0.3) is 5.56 Å². The van der Waals surface area contributed by atoms with Crippen molar-refractivity contribution in [3.63, 3.8) is 0 Å². The first-order valence-corrected chi connectivity index (χ1v) is 22.0. The summed E-state index contributed by atoms with van der Waals surface area (Å²) < 4.78 is 13.1. The van der Waals surface area contributed by atoms with Crippen molar-refractivity contribution in [2.45, 2.75) is 71.2 Å². The average molecular weight is 926 g/mol. The van der Waals surface area contributed by atoms with Crippen molar-refractivity contribution in [1.82, 2.24) is 24.5 Å². The topological polar surface area (TPSA) is 167 Å². The van der Waals surface area contributed by atoms with Gasteiger partial charge in [-0.25, -0.2) is 9.78 Å². The Balaban J connectivity index is 1.13. The minimum absolute atomic E-state index is 0.0600. The standard InChI is InChI=1S/C48H47Cl3N6O7/c1-48(2,3)64-47(62)56(28-35-13-14-42(58)54-35)27-34-24-53-41-23-30(16-19-57(41)45(34)59)36-8-5-10-38(44(36)51)37-9-4-7-29(43(37)50)11-12-31-22-40(63-20-6-17-52)33(21-39(31)49)26-55-18-15-32(25-55)46(60)61/h4-5,7-12,16,19,21-24,32,35H,6,13-15,18,20,25-28H2,1-3H3,(H,54,58)(H,60,61)/b12-11+/t32-,35?/m0/s1. The second-order valence-corrected chi connectivity index (χ2v) is 18.1. The summed E-state index contributed by atoms with van der Waals surface area (Å²) in [6.45, 7) is 7.14. The second-order valence-electron chi connectivity index (χ2n) is 16.9. The van der Waals surface area contributed by atoms with Crippen molar-refractivity contribution < 1.29 is 29.0 Å². The Labute approximate surface area is 385 Å². The number of fused-ring (bicyclic) bond motifs is 1. The molecule has 2 aliphatic heterocycles. The summed E-state index contributed by atoms with van der Waals surface area (Å²) in [6.07, 6.45) is 7.88. The maximum atomic E-state index is 13.8. The van der Waals surface area contributed by atoms with Crippen LogP contribution in [0.1, 0.15) is 68.7 Å². The van der Waals surface area contributed by atoms with E-state index in [2.05, 4.69) is 21.3 Å². The van der Waals surface area contributed by atoms with Gasteiger partial charge in [0.2, 0.25) is 5.91 Å². The first kappa shape index (κ1) is 46.1. The van der Waals surface area contributed by atoms with Gasteiger partial charge in [-0.2, -0.15) is 5.26 Å². The number of carbonyl (C=O) groups excluding carboxylic acids is 2. The first-order chi connectivity index (χ1) is 30.6. The van der Waals surface area contributed by atoms with Gasteiger partial charge >= 0.3 is 12.1 Å². The molecule has 2 aromatic heterocycles. The van der Waals surface area contributed by atoms with Crippen molar-refractivity contribution in [2.75, 3.05) is 26.2 Å². The number of pyridine rings is 1. The molecular weight excluding hydrogens is 879 g/mol. The van der Waals surface area contributed by atoms with Crippen molar-refractivity contribution in [3.8, 4) is 34.1 Å². The lowest BCUT2D eigenvalue weighted by Crippen LogP contribution is -2.44. The molecular formula is C48H47Cl3N6O7. The SMILES string of the molecule is CC(C)(C)OC(=O)N(Cc1cnc2cc(-c3cccc(-c4cccc(/C=C/c5cc(OCCC#N)c(CN6CC[C@H](C(=O)O)C6)cc5Cl)c4Cl)c3Cl)ccn2c1=O)CC1CCC(=O)N1. The molecule has 7 rings (SSSR count). The van der Waals surface area contributed by atoms with Crippen molar-refractivity contribution in [2.24, 2.45) is 5.92 Å². The van der Waals surface area contributed by atoms with Crippen LogP contribution in [0.25, 0.3) is 40.1 Å². The van der Waals surface area contributed by atoms with E-state index < -0.39 is 23.6 Å². The van der Waals surface area contributed by atoms with Crippen molar-refractivity contribution in [1.29, 1.82) is 5.26 Å². The lowest BCUT2D eigenvalue weighted by molar-refractivity contribution is -0.141. The number of nitrogens with zero attached hydrogens (tertiary/aromatic N) is 5. The lowest BCUT2D eigenvalue weighted by atomic mass is 9.97. The molecule has 2 fully saturated rings. The van der Waals surface area contributed by atoms with Gasteiger partial charge in [0.05, 0.1) is 40.6 Å². The molecule has 2 atom stereocenters. The number of aromatic nitrogens is 2. The number of ether oxygens (including phenoxy) is 2. The summed E-state index contributed by atoms with van der Waals surface area (Å²) >= 11 is 21.1. The van der Waals surface area contributed by atoms with E-state index in [1.54, 1.807) is 39.1 Å². The minimum Gasteiger partial charge on any atom is -0.492 e. The lowest BCUT2D eigenvalue weighted by Gasteiger charge is -2.29. The number of carbonyl (C=O) groups is 3. The Bertz CT molecular complexity index is 2740. The quantitative estimate of drug-likeness (QED) is 0.0810. The van der Waals surface area contributed by atoms with Crippen LogP contribution in [-0.2, 0) is 27.4 Å². The third-order valence-corrected chi connectivity index (χ3v) is 12.2. The summed E-state index contributed by atoms with van der Waals surface area (Å²) in [4.78, 5) is 58.6. The van der Waals surface area contributed by atoms with E-state index in [-0.39, 0.29) is 49.2 Å². The Morgan fingerprint density at radius 2 is 1.72 bits per heavy atom. The van der Waals surface area contributed by atoms with E-state index in [0.29, 0.717) is 98.7 Å². The molecule has 0 radical (unpaired) electrons. The minimum atomic E-state index is -0.807. The predicted octanol–water partition coefficient (Wildman–Crippen LogP) is 9.37. The van der Waals surface area contributed by atoms with Gasteiger partial charge in [-0.05, 0) is 81.1 Å². The van der Waals surface area contributed by atoms with Crippen molar-refractivity contribution in [3.05, 3.63) is 121 Å². The van der Waals surface area contributed by atoms with Crippen LogP contribution in [0.4, 0.5) is 4.79 Å². The molecule has 2 aliphatic rings.